The fourth-order valence-corrected chi connectivity index (χ4v) is 7.14. The minimum Gasteiger partial charge on any atom is -0.330 e. The molecule has 5 aliphatic rings. The molecule has 1 N–H and O–H groups in total. The Labute approximate surface area is 174 Å². The molecular formula is C25H34N2O2. The molecule has 0 aromatic heterocycles. The van der Waals surface area contributed by atoms with E-state index in [1.807, 2.05) is 17.0 Å². The SMILES string of the molecule is CC(C)c1ccc(NC(=O)[C@@H]2CCCN2C(=O)C23CC4CC(CC(C4)C2)C3)cc1. The topological polar surface area (TPSA) is 49.4 Å². The van der Waals surface area contributed by atoms with Gasteiger partial charge in [0.15, 0.2) is 0 Å². The van der Waals surface area contributed by atoms with Gasteiger partial charge in [0, 0.05) is 12.2 Å². The smallest absolute Gasteiger partial charge is 0.247 e. The molecule has 2 amide bonds. The molecule has 6 rings (SSSR count). The lowest BCUT2D eigenvalue weighted by molar-refractivity contribution is -0.160. The van der Waals surface area contributed by atoms with Crippen molar-refractivity contribution in [2.24, 2.45) is 23.2 Å². The van der Waals surface area contributed by atoms with Gasteiger partial charge in [0.1, 0.15) is 6.04 Å². The zero-order valence-electron chi connectivity index (χ0n) is 17.8. The summed E-state index contributed by atoms with van der Waals surface area (Å²) in [6, 6.07) is 7.81. The summed E-state index contributed by atoms with van der Waals surface area (Å²) in [4.78, 5) is 28.8. The number of nitrogens with zero attached hydrogens (tertiary/aromatic N) is 1. The highest BCUT2D eigenvalue weighted by Gasteiger charge is 2.56. The van der Waals surface area contributed by atoms with Crippen molar-refractivity contribution in [1.82, 2.24) is 4.90 Å². The Balaban J connectivity index is 1.29. The van der Waals surface area contributed by atoms with Gasteiger partial charge in [-0.3, -0.25) is 9.59 Å². The van der Waals surface area contributed by atoms with Gasteiger partial charge in [0.25, 0.3) is 0 Å². The summed E-state index contributed by atoms with van der Waals surface area (Å²) in [5.74, 6) is 3.00. The summed E-state index contributed by atoms with van der Waals surface area (Å²) in [5.41, 5.74) is 1.94. The van der Waals surface area contributed by atoms with E-state index in [1.54, 1.807) is 0 Å². The molecule has 0 spiro atoms. The second kappa shape index (κ2) is 7.14. The Hall–Kier alpha value is -1.84. The average molecular weight is 395 g/mol. The monoisotopic (exact) mass is 394 g/mol. The average Bonchev–Trinajstić information content (AvgIpc) is 3.16. The number of rotatable bonds is 4. The minimum absolute atomic E-state index is 0.0159. The van der Waals surface area contributed by atoms with Crippen molar-refractivity contribution in [3.05, 3.63) is 29.8 Å². The standard InChI is InChI=1S/C25H34N2O2/c1-16(2)20-5-7-21(8-6-20)26-23(28)22-4-3-9-27(22)24(29)25-13-17-10-18(14-25)12-19(11-17)15-25/h5-8,16-19,22H,3-4,9-15H2,1-2H3,(H,26,28)/t17?,18?,19?,22-,25?/m0/s1. The fraction of sp³-hybridized carbons (Fsp3) is 0.680. The maximum atomic E-state index is 13.7. The Morgan fingerprint density at radius 1 is 1.00 bits per heavy atom. The van der Waals surface area contributed by atoms with E-state index in [0.29, 0.717) is 11.8 Å². The highest BCUT2D eigenvalue weighted by atomic mass is 16.2. The predicted octanol–water partition coefficient (Wildman–Crippen LogP) is 4.96. The first-order chi connectivity index (χ1) is 13.9. The van der Waals surface area contributed by atoms with Crippen LogP contribution in [0.25, 0.3) is 0 Å². The largest absolute Gasteiger partial charge is 0.330 e. The van der Waals surface area contributed by atoms with Crippen LogP contribution in [-0.4, -0.2) is 29.3 Å². The molecule has 1 aromatic rings. The van der Waals surface area contributed by atoms with Crippen LogP contribution in [0.3, 0.4) is 0 Å². The maximum absolute atomic E-state index is 13.7. The van der Waals surface area contributed by atoms with Gasteiger partial charge in [0.05, 0.1) is 5.41 Å². The van der Waals surface area contributed by atoms with Crippen molar-refractivity contribution in [3.63, 3.8) is 0 Å². The third-order valence-electron chi connectivity index (χ3n) is 8.15. The molecule has 1 heterocycles. The van der Waals surface area contributed by atoms with Crippen LogP contribution in [0.15, 0.2) is 24.3 Å². The molecule has 1 aromatic carbocycles. The zero-order valence-corrected chi connectivity index (χ0v) is 17.8. The fourth-order valence-electron chi connectivity index (χ4n) is 7.14. The zero-order chi connectivity index (χ0) is 20.2. The van der Waals surface area contributed by atoms with Gasteiger partial charge in [0.2, 0.25) is 11.8 Å². The third kappa shape index (κ3) is 3.39. The van der Waals surface area contributed by atoms with E-state index in [-0.39, 0.29) is 17.4 Å². The molecule has 156 valence electrons. The molecular weight excluding hydrogens is 360 g/mol. The molecule has 1 saturated heterocycles. The number of likely N-dealkylation sites (tertiary alicyclic amines) is 1. The van der Waals surface area contributed by atoms with E-state index in [4.69, 9.17) is 0 Å². The van der Waals surface area contributed by atoms with Gasteiger partial charge in [-0.2, -0.15) is 0 Å². The molecule has 4 bridgehead atoms. The van der Waals surface area contributed by atoms with E-state index >= 15 is 0 Å². The Morgan fingerprint density at radius 2 is 1.59 bits per heavy atom. The van der Waals surface area contributed by atoms with Gasteiger partial charge < -0.3 is 10.2 Å². The summed E-state index contributed by atoms with van der Waals surface area (Å²) in [6.07, 6.45) is 8.93. The normalized spacial score (nSPS) is 35.3. The van der Waals surface area contributed by atoms with Crippen molar-refractivity contribution < 1.29 is 9.59 Å². The molecule has 1 atom stereocenters. The van der Waals surface area contributed by atoms with Gasteiger partial charge >= 0.3 is 0 Å². The van der Waals surface area contributed by atoms with Crippen molar-refractivity contribution >= 4 is 17.5 Å². The van der Waals surface area contributed by atoms with Gasteiger partial charge in [-0.25, -0.2) is 0 Å². The molecule has 4 aliphatic carbocycles. The first kappa shape index (κ1) is 19.1. The molecule has 29 heavy (non-hydrogen) atoms. The van der Waals surface area contributed by atoms with Gasteiger partial charge in [-0.05, 0) is 92.7 Å². The predicted molar refractivity (Wildman–Crippen MR) is 115 cm³/mol. The van der Waals surface area contributed by atoms with Crippen LogP contribution >= 0.6 is 0 Å². The van der Waals surface area contributed by atoms with Crippen LogP contribution in [0, 0.1) is 23.2 Å². The Bertz CT molecular complexity index is 762. The van der Waals surface area contributed by atoms with E-state index < -0.39 is 0 Å². The van der Waals surface area contributed by atoms with E-state index in [2.05, 4.69) is 31.3 Å². The van der Waals surface area contributed by atoms with Crippen LogP contribution in [0.4, 0.5) is 5.69 Å². The Morgan fingerprint density at radius 3 is 2.14 bits per heavy atom. The van der Waals surface area contributed by atoms with Crippen molar-refractivity contribution in [1.29, 1.82) is 0 Å². The first-order valence-corrected chi connectivity index (χ1v) is 11.7. The number of hydrogen-bond acceptors (Lipinski definition) is 2. The number of carbonyl (C=O) groups excluding carboxylic acids is 2. The lowest BCUT2D eigenvalue weighted by atomic mass is 9.49. The van der Waals surface area contributed by atoms with Crippen LogP contribution in [0.5, 0.6) is 0 Å². The maximum Gasteiger partial charge on any atom is 0.247 e. The third-order valence-corrected chi connectivity index (χ3v) is 8.15. The first-order valence-electron chi connectivity index (χ1n) is 11.7. The summed E-state index contributed by atoms with van der Waals surface area (Å²) >= 11 is 0. The highest BCUT2D eigenvalue weighted by molar-refractivity contribution is 5.98. The lowest BCUT2D eigenvalue weighted by Crippen LogP contribution is -2.56. The van der Waals surface area contributed by atoms with E-state index in [1.165, 1.54) is 24.8 Å². The molecule has 0 radical (unpaired) electrons. The second-order valence-electron chi connectivity index (χ2n) is 10.6. The van der Waals surface area contributed by atoms with Gasteiger partial charge in [-0.15, -0.1) is 0 Å². The van der Waals surface area contributed by atoms with Crippen molar-refractivity contribution in [3.8, 4) is 0 Å². The number of anilines is 1. The van der Waals surface area contributed by atoms with Crippen molar-refractivity contribution in [2.45, 2.75) is 77.2 Å². The molecule has 4 heteroatoms. The summed E-state index contributed by atoms with van der Waals surface area (Å²) in [6.45, 7) is 5.07. The number of amides is 2. The summed E-state index contributed by atoms with van der Waals surface area (Å²) in [7, 11) is 0. The lowest BCUT2D eigenvalue weighted by Gasteiger charge is -2.56. The van der Waals surface area contributed by atoms with Crippen molar-refractivity contribution in [2.75, 3.05) is 11.9 Å². The molecule has 1 aliphatic heterocycles. The minimum atomic E-state index is -0.305. The Kier molecular flexibility index (Phi) is 4.71. The molecule has 4 nitrogen and oxygen atoms in total. The van der Waals surface area contributed by atoms with Crippen LogP contribution in [0.2, 0.25) is 0 Å². The highest BCUT2D eigenvalue weighted by Crippen LogP contribution is 2.60. The van der Waals surface area contributed by atoms with Crippen LogP contribution in [0.1, 0.15) is 76.7 Å². The quantitative estimate of drug-likeness (QED) is 0.785. The van der Waals surface area contributed by atoms with Gasteiger partial charge in [-0.1, -0.05) is 26.0 Å². The summed E-state index contributed by atoms with van der Waals surface area (Å²) in [5, 5.41) is 3.08. The number of nitrogens with one attached hydrogen (secondary N) is 1. The molecule has 0 unspecified atom stereocenters. The molecule has 5 fully saturated rings. The van der Waals surface area contributed by atoms with E-state index in [9.17, 15) is 9.59 Å². The number of carbonyl (C=O) groups is 2. The second-order valence-corrected chi connectivity index (χ2v) is 10.6. The summed E-state index contributed by atoms with van der Waals surface area (Å²) < 4.78 is 0. The van der Waals surface area contributed by atoms with Crippen LogP contribution < -0.4 is 5.32 Å². The number of hydrogen-bond donors (Lipinski definition) is 1. The number of benzene rings is 1. The molecule has 4 saturated carbocycles. The van der Waals surface area contributed by atoms with Crippen LogP contribution in [-0.2, 0) is 9.59 Å². The van der Waals surface area contributed by atoms with E-state index in [0.717, 1.165) is 62.1 Å².